The molecule has 0 unspecified atom stereocenters. The van der Waals surface area contributed by atoms with Gasteiger partial charge in [-0.2, -0.15) is 5.26 Å². The SMILES string of the molecule is CC(C)(C(=O)N1CCOc2c(C#N)cc(F)cc2C1)C(F)F. The molecule has 0 atom stereocenters. The number of amides is 1. The second-order valence-corrected chi connectivity index (χ2v) is 5.65. The zero-order valence-corrected chi connectivity index (χ0v) is 12.2. The smallest absolute Gasteiger partial charge is 0.252 e. The van der Waals surface area contributed by atoms with E-state index in [-0.39, 0.29) is 31.0 Å². The van der Waals surface area contributed by atoms with Crippen molar-refractivity contribution < 1.29 is 22.7 Å². The van der Waals surface area contributed by atoms with Crippen molar-refractivity contribution >= 4 is 5.91 Å². The van der Waals surface area contributed by atoms with E-state index in [1.54, 1.807) is 0 Å². The lowest BCUT2D eigenvalue weighted by atomic mass is 9.92. The second kappa shape index (κ2) is 5.87. The highest BCUT2D eigenvalue weighted by atomic mass is 19.3. The van der Waals surface area contributed by atoms with Gasteiger partial charge in [0.15, 0.2) is 0 Å². The van der Waals surface area contributed by atoms with Crippen LogP contribution in [0.15, 0.2) is 12.1 Å². The van der Waals surface area contributed by atoms with Crippen molar-refractivity contribution in [3.8, 4) is 11.8 Å². The third kappa shape index (κ3) is 2.86. The van der Waals surface area contributed by atoms with Gasteiger partial charge in [0.05, 0.1) is 12.1 Å². The van der Waals surface area contributed by atoms with Crippen LogP contribution >= 0.6 is 0 Å². The molecule has 1 aliphatic rings. The molecule has 0 aliphatic carbocycles. The molecule has 0 saturated carbocycles. The standard InChI is InChI=1S/C15H15F3N2O2/c1-15(2,13(17)18)14(21)20-3-4-22-12-9(7-19)5-11(16)6-10(12)8-20/h5-6,13H,3-4,8H2,1-2H3. The minimum absolute atomic E-state index is 0.0254. The summed E-state index contributed by atoms with van der Waals surface area (Å²) in [5.41, 5.74) is -1.51. The van der Waals surface area contributed by atoms with Gasteiger partial charge in [-0.1, -0.05) is 0 Å². The third-order valence-electron chi connectivity index (χ3n) is 3.60. The average Bonchev–Trinajstić information content (AvgIpc) is 2.67. The first-order chi connectivity index (χ1) is 10.3. The average molecular weight is 312 g/mol. The summed E-state index contributed by atoms with van der Waals surface area (Å²) in [5, 5.41) is 9.01. The number of alkyl halides is 2. The topological polar surface area (TPSA) is 53.3 Å². The lowest BCUT2D eigenvalue weighted by Crippen LogP contribution is -2.45. The zero-order chi connectivity index (χ0) is 16.5. The van der Waals surface area contributed by atoms with E-state index in [2.05, 4.69) is 0 Å². The van der Waals surface area contributed by atoms with E-state index in [1.807, 2.05) is 6.07 Å². The molecular formula is C15H15F3N2O2. The summed E-state index contributed by atoms with van der Waals surface area (Å²) in [6.07, 6.45) is -2.81. The largest absolute Gasteiger partial charge is 0.490 e. The molecule has 0 fully saturated rings. The summed E-state index contributed by atoms with van der Waals surface area (Å²) in [5.74, 6) is -1.17. The molecule has 22 heavy (non-hydrogen) atoms. The molecule has 0 radical (unpaired) electrons. The van der Waals surface area contributed by atoms with Crippen molar-refractivity contribution in [1.29, 1.82) is 5.26 Å². The Hall–Kier alpha value is -2.23. The molecule has 0 bridgehead atoms. The van der Waals surface area contributed by atoms with E-state index in [1.165, 1.54) is 18.7 Å². The number of hydrogen-bond donors (Lipinski definition) is 0. The molecular weight excluding hydrogens is 297 g/mol. The molecule has 1 aromatic rings. The number of hydrogen-bond acceptors (Lipinski definition) is 3. The van der Waals surface area contributed by atoms with Crippen molar-refractivity contribution in [2.24, 2.45) is 5.41 Å². The fourth-order valence-corrected chi connectivity index (χ4v) is 2.24. The normalized spacial score (nSPS) is 14.9. The minimum Gasteiger partial charge on any atom is -0.490 e. The summed E-state index contributed by atoms with van der Waals surface area (Å²) in [6, 6.07) is 4.02. The molecule has 1 amide bonds. The maximum Gasteiger partial charge on any atom is 0.252 e. The Kier molecular flexibility index (Phi) is 4.31. The number of fused-ring (bicyclic) bond motifs is 1. The number of halogens is 3. The number of carbonyl (C=O) groups excluding carboxylic acids is 1. The molecule has 2 rings (SSSR count). The van der Waals surface area contributed by atoms with E-state index >= 15 is 0 Å². The highest BCUT2D eigenvalue weighted by molar-refractivity contribution is 5.82. The maximum absolute atomic E-state index is 13.5. The predicted molar refractivity (Wildman–Crippen MR) is 71.8 cm³/mol. The summed E-state index contributed by atoms with van der Waals surface area (Å²) in [7, 11) is 0. The molecule has 1 heterocycles. The minimum atomic E-state index is -2.81. The van der Waals surface area contributed by atoms with Gasteiger partial charge < -0.3 is 9.64 Å². The van der Waals surface area contributed by atoms with Gasteiger partial charge in [0.2, 0.25) is 5.91 Å². The summed E-state index contributed by atoms with van der Waals surface area (Å²) < 4.78 is 45.0. The maximum atomic E-state index is 13.5. The monoisotopic (exact) mass is 312 g/mol. The Morgan fingerprint density at radius 2 is 2.14 bits per heavy atom. The van der Waals surface area contributed by atoms with Crippen LogP contribution in [-0.4, -0.2) is 30.4 Å². The Morgan fingerprint density at radius 1 is 1.45 bits per heavy atom. The van der Waals surface area contributed by atoms with Gasteiger partial charge in [0.25, 0.3) is 6.43 Å². The van der Waals surface area contributed by atoms with Crippen LogP contribution in [0.5, 0.6) is 5.75 Å². The molecule has 1 aliphatic heterocycles. The van der Waals surface area contributed by atoms with Gasteiger partial charge in [0.1, 0.15) is 29.7 Å². The van der Waals surface area contributed by atoms with E-state index in [0.29, 0.717) is 5.56 Å². The fraction of sp³-hybridized carbons (Fsp3) is 0.467. The van der Waals surface area contributed by atoms with Gasteiger partial charge in [-0.25, -0.2) is 13.2 Å². The number of carbonyl (C=O) groups is 1. The molecule has 0 N–H and O–H groups in total. The first-order valence-electron chi connectivity index (χ1n) is 6.70. The summed E-state index contributed by atoms with van der Waals surface area (Å²) >= 11 is 0. The van der Waals surface area contributed by atoms with E-state index < -0.39 is 23.6 Å². The van der Waals surface area contributed by atoms with Crippen molar-refractivity contribution in [3.05, 3.63) is 29.1 Å². The van der Waals surface area contributed by atoms with Crippen molar-refractivity contribution in [3.63, 3.8) is 0 Å². The Labute approximate surface area is 126 Å². The third-order valence-corrected chi connectivity index (χ3v) is 3.60. The number of nitrogens with zero attached hydrogens (tertiary/aromatic N) is 2. The fourth-order valence-electron chi connectivity index (χ4n) is 2.24. The molecule has 0 aromatic heterocycles. The first-order valence-corrected chi connectivity index (χ1v) is 6.70. The predicted octanol–water partition coefficient (Wildman–Crippen LogP) is 2.71. The molecule has 0 saturated heterocycles. The molecule has 4 nitrogen and oxygen atoms in total. The summed E-state index contributed by atoms with van der Waals surface area (Å²) in [4.78, 5) is 13.5. The number of ether oxygens (including phenoxy) is 1. The van der Waals surface area contributed by atoms with Crippen LogP contribution in [0.3, 0.4) is 0 Å². The second-order valence-electron chi connectivity index (χ2n) is 5.65. The zero-order valence-electron chi connectivity index (χ0n) is 12.2. The molecule has 1 aromatic carbocycles. The van der Waals surface area contributed by atoms with E-state index in [0.717, 1.165) is 12.1 Å². The highest BCUT2D eigenvalue weighted by Crippen LogP contribution is 2.32. The van der Waals surface area contributed by atoms with Crippen LogP contribution in [-0.2, 0) is 11.3 Å². The van der Waals surface area contributed by atoms with Crippen LogP contribution < -0.4 is 4.74 Å². The van der Waals surface area contributed by atoms with Gasteiger partial charge in [-0.05, 0) is 26.0 Å². The lowest BCUT2D eigenvalue weighted by molar-refractivity contribution is -0.149. The van der Waals surface area contributed by atoms with Crippen LogP contribution in [0.2, 0.25) is 0 Å². The van der Waals surface area contributed by atoms with Crippen LogP contribution in [0, 0.1) is 22.6 Å². The van der Waals surface area contributed by atoms with Gasteiger partial charge >= 0.3 is 0 Å². The van der Waals surface area contributed by atoms with Crippen LogP contribution in [0.4, 0.5) is 13.2 Å². The van der Waals surface area contributed by atoms with Crippen molar-refractivity contribution in [2.45, 2.75) is 26.8 Å². The Bertz CT molecular complexity index is 638. The van der Waals surface area contributed by atoms with Crippen LogP contribution in [0.1, 0.15) is 25.0 Å². The first kappa shape index (κ1) is 16.1. The molecule has 118 valence electrons. The number of benzene rings is 1. The lowest BCUT2D eigenvalue weighted by Gasteiger charge is -2.30. The quantitative estimate of drug-likeness (QED) is 0.844. The van der Waals surface area contributed by atoms with Gasteiger partial charge in [-0.15, -0.1) is 0 Å². The Balaban J connectivity index is 2.36. The van der Waals surface area contributed by atoms with E-state index in [4.69, 9.17) is 10.00 Å². The van der Waals surface area contributed by atoms with E-state index in [9.17, 15) is 18.0 Å². The summed E-state index contributed by atoms with van der Waals surface area (Å²) in [6.45, 7) is 2.41. The number of rotatable bonds is 2. The number of nitriles is 1. The van der Waals surface area contributed by atoms with Gasteiger partial charge in [-0.3, -0.25) is 4.79 Å². The van der Waals surface area contributed by atoms with Crippen molar-refractivity contribution in [1.82, 2.24) is 4.90 Å². The molecule has 0 spiro atoms. The molecule has 7 heteroatoms. The van der Waals surface area contributed by atoms with Crippen LogP contribution in [0.25, 0.3) is 0 Å². The van der Waals surface area contributed by atoms with Gasteiger partial charge in [0, 0.05) is 12.1 Å². The Morgan fingerprint density at radius 3 is 2.73 bits per heavy atom. The van der Waals surface area contributed by atoms with Crippen molar-refractivity contribution in [2.75, 3.05) is 13.2 Å². The highest BCUT2D eigenvalue weighted by Gasteiger charge is 2.41.